The number of anilines is 1. The van der Waals surface area contributed by atoms with Crippen molar-refractivity contribution in [2.24, 2.45) is 0 Å². The number of hydrogen-bond donors (Lipinski definition) is 0. The van der Waals surface area contributed by atoms with E-state index in [9.17, 15) is 10.1 Å². The van der Waals surface area contributed by atoms with Gasteiger partial charge < -0.3 is 9.42 Å². The van der Waals surface area contributed by atoms with Crippen LogP contribution in [0.15, 0.2) is 59.1 Å². The SMILES string of the molecule is Cc1noc(CC2c3ccccc3CCN2c2ccccc2)c1[N+](=O)[O-]. The molecule has 3 aromatic rings. The molecule has 4 rings (SSSR count). The molecule has 0 bridgehead atoms. The number of nitrogens with zero attached hydrogens (tertiary/aromatic N) is 3. The second-order valence-corrected chi connectivity index (χ2v) is 6.49. The molecule has 0 N–H and O–H groups in total. The highest BCUT2D eigenvalue weighted by Crippen LogP contribution is 2.38. The van der Waals surface area contributed by atoms with Gasteiger partial charge in [0, 0.05) is 18.7 Å². The molecule has 1 aromatic heterocycles. The van der Waals surface area contributed by atoms with Gasteiger partial charge in [-0.15, -0.1) is 0 Å². The number of nitro groups is 1. The van der Waals surface area contributed by atoms with Gasteiger partial charge in [0.25, 0.3) is 0 Å². The minimum atomic E-state index is -0.400. The van der Waals surface area contributed by atoms with Gasteiger partial charge in [0.05, 0.1) is 11.0 Å². The fourth-order valence-corrected chi connectivity index (χ4v) is 3.76. The van der Waals surface area contributed by atoms with Crippen LogP contribution < -0.4 is 4.90 Å². The van der Waals surface area contributed by atoms with Crippen molar-refractivity contribution < 1.29 is 9.45 Å². The topological polar surface area (TPSA) is 72.4 Å². The first-order valence-electron chi connectivity index (χ1n) is 8.64. The maximum absolute atomic E-state index is 11.4. The summed E-state index contributed by atoms with van der Waals surface area (Å²) in [7, 11) is 0. The fourth-order valence-electron chi connectivity index (χ4n) is 3.76. The van der Waals surface area contributed by atoms with Crippen LogP contribution in [0.5, 0.6) is 0 Å². The Balaban J connectivity index is 1.77. The summed E-state index contributed by atoms with van der Waals surface area (Å²) in [6.07, 6.45) is 1.35. The molecule has 2 aromatic carbocycles. The Labute approximate surface area is 151 Å². The predicted octanol–water partition coefficient (Wildman–Crippen LogP) is 4.24. The lowest BCUT2D eigenvalue weighted by atomic mass is 9.89. The summed E-state index contributed by atoms with van der Waals surface area (Å²) in [5, 5.41) is 15.3. The standard InChI is InChI=1S/C20H19N3O3/c1-14-20(23(24)25)19(26-21-14)13-18-17-10-6-5-7-15(17)11-12-22(18)16-8-3-2-4-9-16/h2-10,18H,11-13H2,1H3. The molecule has 1 unspecified atom stereocenters. The Morgan fingerprint density at radius 1 is 1.19 bits per heavy atom. The van der Waals surface area contributed by atoms with E-state index in [1.165, 1.54) is 11.1 Å². The lowest BCUT2D eigenvalue weighted by molar-refractivity contribution is -0.386. The van der Waals surface area contributed by atoms with Gasteiger partial charge in [-0.25, -0.2) is 0 Å². The number of hydrogen-bond acceptors (Lipinski definition) is 5. The van der Waals surface area contributed by atoms with Gasteiger partial charge in [0.15, 0.2) is 5.69 Å². The molecule has 26 heavy (non-hydrogen) atoms. The van der Waals surface area contributed by atoms with Crippen LogP contribution in [-0.2, 0) is 12.8 Å². The van der Waals surface area contributed by atoms with E-state index in [-0.39, 0.29) is 11.7 Å². The minimum Gasteiger partial charge on any atom is -0.364 e. The second-order valence-electron chi connectivity index (χ2n) is 6.49. The molecule has 0 radical (unpaired) electrons. The Morgan fingerprint density at radius 2 is 1.92 bits per heavy atom. The normalized spacial score (nSPS) is 16.3. The molecule has 1 aliphatic heterocycles. The summed E-state index contributed by atoms with van der Waals surface area (Å²) in [4.78, 5) is 13.3. The Bertz CT molecular complexity index is 936. The number of rotatable bonds is 4. The molecular weight excluding hydrogens is 330 g/mol. The smallest absolute Gasteiger partial charge is 0.334 e. The molecule has 0 fully saturated rings. The van der Waals surface area contributed by atoms with Crippen molar-refractivity contribution >= 4 is 11.4 Å². The second kappa shape index (κ2) is 6.63. The molecular formula is C20H19N3O3. The first-order chi connectivity index (χ1) is 12.6. The molecule has 0 aliphatic carbocycles. The summed E-state index contributed by atoms with van der Waals surface area (Å²) in [5.41, 5.74) is 3.88. The zero-order valence-corrected chi connectivity index (χ0v) is 14.5. The summed E-state index contributed by atoms with van der Waals surface area (Å²) in [5.74, 6) is 0.329. The van der Waals surface area contributed by atoms with E-state index in [1.54, 1.807) is 6.92 Å². The lowest BCUT2D eigenvalue weighted by Crippen LogP contribution is -2.36. The number of aromatic nitrogens is 1. The van der Waals surface area contributed by atoms with Crippen LogP contribution in [0.25, 0.3) is 0 Å². The van der Waals surface area contributed by atoms with Crippen LogP contribution in [0, 0.1) is 17.0 Å². The van der Waals surface area contributed by atoms with E-state index in [0.29, 0.717) is 17.9 Å². The quantitative estimate of drug-likeness (QED) is 0.520. The van der Waals surface area contributed by atoms with Gasteiger partial charge >= 0.3 is 5.69 Å². The third-order valence-corrected chi connectivity index (χ3v) is 4.96. The van der Waals surface area contributed by atoms with Crippen molar-refractivity contribution in [1.82, 2.24) is 5.16 Å². The largest absolute Gasteiger partial charge is 0.364 e. The molecule has 0 saturated heterocycles. The number of fused-ring (bicyclic) bond motifs is 1. The average molecular weight is 349 g/mol. The van der Waals surface area contributed by atoms with E-state index in [1.807, 2.05) is 30.3 Å². The molecule has 0 saturated carbocycles. The molecule has 132 valence electrons. The van der Waals surface area contributed by atoms with Crippen LogP contribution in [0.4, 0.5) is 11.4 Å². The van der Waals surface area contributed by atoms with Crippen LogP contribution in [-0.4, -0.2) is 16.6 Å². The van der Waals surface area contributed by atoms with Crippen molar-refractivity contribution in [1.29, 1.82) is 0 Å². The van der Waals surface area contributed by atoms with E-state index >= 15 is 0 Å². The Morgan fingerprint density at radius 3 is 2.69 bits per heavy atom. The van der Waals surface area contributed by atoms with E-state index in [0.717, 1.165) is 18.7 Å². The van der Waals surface area contributed by atoms with E-state index in [4.69, 9.17) is 4.52 Å². The van der Waals surface area contributed by atoms with Gasteiger partial charge in [-0.3, -0.25) is 10.1 Å². The van der Waals surface area contributed by atoms with Gasteiger partial charge in [-0.2, -0.15) is 0 Å². The summed E-state index contributed by atoms with van der Waals surface area (Å²) in [6.45, 7) is 2.46. The predicted molar refractivity (Wildman–Crippen MR) is 98.3 cm³/mol. The molecule has 1 atom stereocenters. The Hall–Kier alpha value is -3.15. The van der Waals surface area contributed by atoms with E-state index < -0.39 is 4.92 Å². The fraction of sp³-hybridized carbons (Fsp3) is 0.250. The van der Waals surface area contributed by atoms with Crippen molar-refractivity contribution in [3.63, 3.8) is 0 Å². The number of aryl methyl sites for hydroxylation is 1. The summed E-state index contributed by atoms with van der Waals surface area (Å²) in [6, 6.07) is 18.4. The number of benzene rings is 2. The molecule has 0 spiro atoms. The van der Waals surface area contributed by atoms with Crippen LogP contribution in [0.2, 0.25) is 0 Å². The van der Waals surface area contributed by atoms with Gasteiger partial charge in [-0.1, -0.05) is 47.6 Å². The maximum atomic E-state index is 11.4. The molecule has 2 heterocycles. The van der Waals surface area contributed by atoms with E-state index in [2.05, 4.69) is 34.3 Å². The first kappa shape index (κ1) is 16.3. The van der Waals surface area contributed by atoms with Crippen LogP contribution in [0.1, 0.15) is 28.6 Å². The number of para-hydroxylation sites is 1. The third-order valence-electron chi connectivity index (χ3n) is 4.96. The first-order valence-corrected chi connectivity index (χ1v) is 8.64. The van der Waals surface area contributed by atoms with Gasteiger partial charge in [0.2, 0.25) is 5.76 Å². The van der Waals surface area contributed by atoms with Crippen molar-refractivity contribution in [3.8, 4) is 0 Å². The van der Waals surface area contributed by atoms with Crippen LogP contribution in [0.3, 0.4) is 0 Å². The molecule has 1 aliphatic rings. The highest BCUT2D eigenvalue weighted by atomic mass is 16.6. The van der Waals surface area contributed by atoms with Crippen LogP contribution >= 0.6 is 0 Å². The summed E-state index contributed by atoms with van der Waals surface area (Å²) >= 11 is 0. The molecule has 0 amide bonds. The third kappa shape index (κ3) is 2.83. The highest BCUT2D eigenvalue weighted by molar-refractivity contribution is 5.53. The molecule has 6 heteroatoms. The summed E-state index contributed by atoms with van der Waals surface area (Å²) < 4.78 is 5.34. The monoisotopic (exact) mass is 349 g/mol. The van der Waals surface area contributed by atoms with Crippen molar-refractivity contribution in [3.05, 3.63) is 87.3 Å². The average Bonchev–Trinajstić information content (AvgIpc) is 3.03. The Kier molecular flexibility index (Phi) is 4.16. The van der Waals surface area contributed by atoms with Gasteiger partial charge in [0.1, 0.15) is 0 Å². The lowest BCUT2D eigenvalue weighted by Gasteiger charge is -2.38. The van der Waals surface area contributed by atoms with Crippen molar-refractivity contribution in [2.45, 2.75) is 25.8 Å². The zero-order valence-electron chi connectivity index (χ0n) is 14.5. The zero-order chi connectivity index (χ0) is 18.1. The highest BCUT2D eigenvalue weighted by Gasteiger charge is 2.33. The van der Waals surface area contributed by atoms with Gasteiger partial charge in [-0.05, 0) is 36.6 Å². The van der Waals surface area contributed by atoms with Crippen molar-refractivity contribution in [2.75, 3.05) is 11.4 Å². The maximum Gasteiger partial charge on any atom is 0.334 e. The molecule has 6 nitrogen and oxygen atoms in total. The minimum absolute atomic E-state index is 0.0129.